The first kappa shape index (κ1) is 15.0. The fourth-order valence-electron chi connectivity index (χ4n) is 2.51. The van der Waals surface area contributed by atoms with E-state index in [0.717, 1.165) is 6.20 Å². The number of hydrogen-bond acceptors (Lipinski definition) is 3. The topological polar surface area (TPSA) is 41.6 Å². The summed E-state index contributed by atoms with van der Waals surface area (Å²) < 4.78 is 34.3. The molecule has 0 aliphatic carbocycles. The van der Waals surface area contributed by atoms with Gasteiger partial charge in [0, 0.05) is 16.5 Å². The lowest BCUT2D eigenvalue weighted by Crippen LogP contribution is -2.48. The highest BCUT2D eigenvalue weighted by molar-refractivity contribution is 14.1. The average Bonchev–Trinajstić information content (AvgIpc) is 2.67. The van der Waals surface area contributed by atoms with Gasteiger partial charge >= 0.3 is 0 Å². The van der Waals surface area contributed by atoms with Gasteiger partial charge in [-0.15, -0.1) is 0 Å². The van der Waals surface area contributed by atoms with E-state index in [1.54, 1.807) is 0 Å². The largest absolute Gasteiger partial charge is 0.348 e. The number of nitrogens with zero attached hydrogens (tertiary/aromatic N) is 1. The molecule has 4 nitrogen and oxygen atoms in total. The molecule has 2 heterocycles. The number of rotatable bonds is 3. The van der Waals surface area contributed by atoms with Crippen molar-refractivity contribution in [2.24, 2.45) is 5.92 Å². The van der Waals surface area contributed by atoms with Gasteiger partial charge in [-0.3, -0.25) is 4.79 Å². The number of hydrogen-bond donors (Lipinski definition) is 1. The number of ether oxygens (including phenoxy) is 1. The van der Waals surface area contributed by atoms with Crippen molar-refractivity contribution in [1.29, 1.82) is 0 Å². The van der Waals surface area contributed by atoms with E-state index in [1.165, 1.54) is 4.90 Å². The summed E-state index contributed by atoms with van der Waals surface area (Å²) in [7, 11) is 0. The van der Waals surface area contributed by atoms with Crippen molar-refractivity contribution >= 4 is 28.5 Å². The number of amides is 1. The van der Waals surface area contributed by atoms with E-state index >= 15 is 0 Å². The second-order valence-corrected chi connectivity index (χ2v) is 5.71. The number of carbonyl (C=O) groups excluding carboxylic acids is 1. The zero-order valence-electron chi connectivity index (χ0n) is 10.8. The molecule has 0 radical (unpaired) electrons. The van der Waals surface area contributed by atoms with Crippen LogP contribution >= 0.6 is 22.6 Å². The van der Waals surface area contributed by atoms with Crippen LogP contribution in [0.1, 0.15) is 20.3 Å². The highest BCUT2D eigenvalue weighted by Gasteiger charge is 2.53. The lowest BCUT2D eigenvalue weighted by molar-refractivity contribution is -0.126. The first-order valence-electron chi connectivity index (χ1n) is 6.24. The summed E-state index contributed by atoms with van der Waals surface area (Å²) >= 11 is 2.19. The molecule has 1 N–H and O–H groups in total. The maximum atomic E-state index is 14.4. The minimum Gasteiger partial charge on any atom is -0.348 e. The van der Waals surface area contributed by atoms with Gasteiger partial charge in [-0.1, -0.05) is 36.4 Å². The van der Waals surface area contributed by atoms with Crippen molar-refractivity contribution in [2.75, 3.05) is 11.1 Å². The summed E-state index contributed by atoms with van der Waals surface area (Å²) in [6, 6.07) is 0. The van der Waals surface area contributed by atoms with E-state index in [4.69, 9.17) is 4.74 Å². The third-order valence-electron chi connectivity index (χ3n) is 4.01. The van der Waals surface area contributed by atoms with Crippen LogP contribution in [0.5, 0.6) is 0 Å². The van der Waals surface area contributed by atoms with E-state index in [1.807, 2.05) is 13.8 Å². The van der Waals surface area contributed by atoms with Gasteiger partial charge in [0.2, 0.25) is 5.83 Å². The molecule has 4 atom stereocenters. The molecule has 2 aliphatic heterocycles. The Balaban J connectivity index is 2.21. The number of alkyl halides is 2. The van der Waals surface area contributed by atoms with E-state index in [2.05, 4.69) is 27.9 Å². The van der Waals surface area contributed by atoms with E-state index in [0.29, 0.717) is 10.8 Å². The van der Waals surface area contributed by atoms with Crippen molar-refractivity contribution in [3.8, 4) is 0 Å². The molecule has 2 aliphatic rings. The van der Waals surface area contributed by atoms with Crippen molar-refractivity contribution in [1.82, 2.24) is 10.2 Å². The molecule has 19 heavy (non-hydrogen) atoms. The molecule has 0 aromatic carbocycles. The van der Waals surface area contributed by atoms with Crippen molar-refractivity contribution in [2.45, 2.75) is 38.3 Å². The maximum Gasteiger partial charge on any atom is 0.282 e. The number of carbonyl (C=O) groups is 1. The molecule has 0 unspecified atom stereocenters. The fraction of sp³-hybridized carbons (Fsp3) is 0.750. The normalized spacial score (nSPS) is 39.2. The van der Waals surface area contributed by atoms with Crippen LogP contribution in [0.4, 0.5) is 8.78 Å². The highest BCUT2D eigenvalue weighted by atomic mass is 127. The summed E-state index contributed by atoms with van der Waals surface area (Å²) in [5.41, 5.74) is -0.531. The molecule has 7 heteroatoms. The lowest BCUT2D eigenvalue weighted by atomic mass is 9.87. The molecule has 0 spiro atoms. The molecule has 1 amide bonds. The minimum absolute atomic E-state index is 0.0606. The van der Waals surface area contributed by atoms with Crippen LogP contribution in [-0.2, 0) is 9.53 Å². The summed E-state index contributed by atoms with van der Waals surface area (Å²) in [6.45, 7) is 3.83. The summed E-state index contributed by atoms with van der Waals surface area (Å²) in [4.78, 5) is 12.4. The second-order valence-electron chi connectivity index (χ2n) is 4.95. The Kier molecular flexibility index (Phi) is 4.34. The van der Waals surface area contributed by atoms with Gasteiger partial charge in [0.25, 0.3) is 5.91 Å². The van der Waals surface area contributed by atoms with Crippen molar-refractivity contribution in [3.63, 3.8) is 0 Å². The van der Waals surface area contributed by atoms with Gasteiger partial charge in [-0.25, -0.2) is 4.39 Å². The number of nitrogens with one attached hydrogen (secondary N) is 1. The zero-order chi connectivity index (χ0) is 14.2. The smallest absolute Gasteiger partial charge is 0.282 e. The van der Waals surface area contributed by atoms with E-state index in [9.17, 15) is 13.6 Å². The molecule has 1 fully saturated rings. The average molecular weight is 386 g/mol. The van der Waals surface area contributed by atoms with Crippen molar-refractivity contribution < 1.29 is 18.3 Å². The van der Waals surface area contributed by atoms with Gasteiger partial charge in [0.05, 0.1) is 12.3 Å². The van der Waals surface area contributed by atoms with E-state index in [-0.39, 0.29) is 12.6 Å². The Morgan fingerprint density at radius 1 is 1.68 bits per heavy atom. The van der Waals surface area contributed by atoms with Crippen LogP contribution in [0.2, 0.25) is 0 Å². The molecule has 2 rings (SSSR count). The maximum absolute atomic E-state index is 14.4. The highest BCUT2D eigenvalue weighted by Crippen LogP contribution is 2.43. The van der Waals surface area contributed by atoms with Crippen LogP contribution < -0.4 is 5.32 Å². The molecular formula is C12H17F2IN2O2. The van der Waals surface area contributed by atoms with Crippen LogP contribution in [0.25, 0.3) is 0 Å². The molecule has 0 aromatic heterocycles. The molecular weight excluding hydrogens is 369 g/mol. The zero-order valence-corrected chi connectivity index (χ0v) is 13.0. The first-order valence-corrected chi connectivity index (χ1v) is 7.77. The molecule has 0 bridgehead atoms. The molecule has 1 saturated heterocycles. The Hall–Kier alpha value is -0.440. The fourth-order valence-corrected chi connectivity index (χ4v) is 3.93. The number of halogens is 3. The Bertz CT molecular complexity index is 401. The van der Waals surface area contributed by atoms with Gasteiger partial charge < -0.3 is 15.0 Å². The lowest BCUT2D eigenvalue weighted by Gasteiger charge is -2.33. The molecule has 0 saturated carbocycles. The summed E-state index contributed by atoms with van der Waals surface area (Å²) in [6.07, 6.45) is -0.341. The van der Waals surface area contributed by atoms with E-state index < -0.39 is 29.7 Å². The molecule has 108 valence electrons. The summed E-state index contributed by atoms with van der Waals surface area (Å²) in [5.74, 6) is -1.96. The Labute approximate surface area is 124 Å². The Morgan fingerprint density at radius 3 is 2.84 bits per heavy atom. The van der Waals surface area contributed by atoms with Crippen LogP contribution in [0.3, 0.4) is 0 Å². The predicted octanol–water partition coefficient (Wildman–Crippen LogP) is 2.10. The first-order chi connectivity index (χ1) is 8.95. The Morgan fingerprint density at radius 2 is 2.37 bits per heavy atom. The predicted molar refractivity (Wildman–Crippen MR) is 74.9 cm³/mol. The third-order valence-corrected chi connectivity index (χ3v) is 5.30. The van der Waals surface area contributed by atoms with Crippen molar-refractivity contribution in [3.05, 3.63) is 12.0 Å². The van der Waals surface area contributed by atoms with Gasteiger partial charge in [0.15, 0.2) is 12.4 Å². The quantitative estimate of drug-likeness (QED) is 0.597. The van der Waals surface area contributed by atoms with Gasteiger partial charge in [-0.2, -0.15) is 4.39 Å². The van der Waals surface area contributed by atoms with Gasteiger partial charge in [-0.05, 0) is 6.42 Å². The van der Waals surface area contributed by atoms with Gasteiger partial charge in [0.1, 0.15) is 0 Å². The van der Waals surface area contributed by atoms with Crippen LogP contribution in [-0.4, -0.2) is 39.9 Å². The summed E-state index contributed by atoms with van der Waals surface area (Å²) in [5, 5.41) is 2.35. The standard InChI is InChI=1S/C12H17F2IN2O2/c1-3-12(5-15)7(2)9(14)11(19-12)17-4-8(13)10(18)16-6-17/h4,7,9,11H,3,5-6H2,1-2H3,(H,16,18)/t7-,9-,11+,12-/m0/s1. The van der Waals surface area contributed by atoms with Crippen LogP contribution in [0, 0.1) is 5.92 Å². The SMILES string of the molecule is CC[C@@]1(CI)O[C@@H](N2C=C(F)C(=O)NC2)[C@@H](F)[C@@H]1C. The monoisotopic (exact) mass is 386 g/mol. The molecule has 0 aromatic rings. The minimum atomic E-state index is -1.21. The van der Waals surface area contributed by atoms with Crippen LogP contribution in [0.15, 0.2) is 12.0 Å². The second kappa shape index (κ2) is 5.51. The third kappa shape index (κ3) is 2.46.